The fourth-order valence-electron chi connectivity index (χ4n) is 7.00. The summed E-state index contributed by atoms with van der Waals surface area (Å²) in [6.45, 7) is 0. The van der Waals surface area contributed by atoms with Gasteiger partial charge in [-0.2, -0.15) is 0 Å². The van der Waals surface area contributed by atoms with Gasteiger partial charge in [0, 0.05) is 39.5 Å². The minimum Gasteiger partial charge on any atom is -0.456 e. The van der Waals surface area contributed by atoms with E-state index in [1.165, 1.54) is 32.3 Å². The zero-order valence-electron chi connectivity index (χ0n) is 23.5. The first-order valence-corrected chi connectivity index (χ1v) is 14.8. The lowest BCUT2D eigenvalue weighted by molar-refractivity contribution is 0.669. The van der Waals surface area contributed by atoms with E-state index in [-0.39, 0.29) is 0 Å². The molecule has 10 aromatic rings. The van der Waals surface area contributed by atoms with E-state index >= 15 is 0 Å². The van der Waals surface area contributed by atoms with Crippen LogP contribution in [0.25, 0.3) is 93.1 Å². The molecule has 0 saturated carbocycles. The number of nitrogens with zero attached hydrogens (tertiary/aromatic N) is 3. The zero-order valence-corrected chi connectivity index (χ0v) is 23.5. The Balaban J connectivity index is 1.28. The molecule has 3 heterocycles. The third-order valence-corrected chi connectivity index (χ3v) is 9.03. The Kier molecular flexibility index (Phi) is 4.69. The highest BCUT2D eigenvalue weighted by atomic mass is 16.3. The normalized spacial score (nSPS) is 12.1. The lowest BCUT2D eigenvalue weighted by atomic mass is 10.0. The monoisotopic (exact) mass is 561 g/mol. The third-order valence-electron chi connectivity index (χ3n) is 9.03. The van der Waals surface area contributed by atoms with Gasteiger partial charge in [0.1, 0.15) is 16.7 Å². The highest BCUT2D eigenvalue weighted by molar-refractivity contribution is 6.17. The molecule has 0 aliphatic rings. The van der Waals surface area contributed by atoms with Gasteiger partial charge in [-0.15, -0.1) is 0 Å². The largest absolute Gasteiger partial charge is 0.456 e. The fraction of sp³-hybridized carbons (Fsp3) is 0. The van der Waals surface area contributed by atoms with Gasteiger partial charge in [0.2, 0.25) is 0 Å². The van der Waals surface area contributed by atoms with Crippen molar-refractivity contribution in [3.8, 4) is 16.8 Å². The number of fused-ring (bicyclic) bond motifs is 9. The van der Waals surface area contributed by atoms with Crippen LogP contribution in [0.15, 0.2) is 144 Å². The highest BCUT2D eigenvalue weighted by Crippen LogP contribution is 2.40. The Bertz CT molecular complexity index is 2690. The Morgan fingerprint density at radius 2 is 1.05 bits per heavy atom. The van der Waals surface area contributed by atoms with Gasteiger partial charge in [0.25, 0.3) is 0 Å². The second-order valence-electron chi connectivity index (χ2n) is 11.5. The molecule has 3 aromatic heterocycles. The van der Waals surface area contributed by atoms with Crippen LogP contribution in [0, 0.1) is 0 Å². The molecule has 0 aliphatic carbocycles. The molecule has 7 aromatic carbocycles. The van der Waals surface area contributed by atoms with Crippen molar-refractivity contribution in [1.29, 1.82) is 0 Å². The Labute approximate surface area is 251 Å². The van der Waals surface area contributed by atoms with Crippen molar-refractivity contribution in [2.24, 2.45) is 0 Å². The number of hydrogen-bond acceptors (Lipinski definition) is 3. The minimum atomic E-state index is 0.856. The molecule has 0 amide bonds. The standard InChI is InChI=1S/C40H23N3O/c1-3-9-26-21-35-32(19-24(26)7-1)33-20-25-8-2-4-10-27(25)22-36(33)43(35)34-16-15-29(39-40(34)42-18-17-41-39)28-13-14-31-30-11-5-6-12-37(30)44-38(31)23-28/h1-23H. The summed E-state index contributed by atoms with van der Waals surface area (Å²) in [4.78, 5) is 9.86. The van der Waals surface area contributed by atoms with E-state index in [1.54, 1.807) is 12.4 Å². The molecular formula is C40H23N3O. The SMILES string of the molecule is c1ccc2cc3c(cc2c1)c1cc2ccccc2cc1n3-c1ccc(-c2ccc3c(c2)oc2ccccc23)c2nccnc12. The van der Waals surface area contributed by atoms with E-state index < -0.39 is 0 Å². The van der Waals surface area contributed by atoms with E-state index in [4.69, 9.17) is 14.4 Å². The van der Waals surface area contributed by atoms with Crippen molar-refractivity contribution in [1.82, 2.24) is 14.5 Å². The smallest absolute Gasteiger partial charge is 0.136 e. The Morgan fingerprint density at radius 3 is 1.75 bits per heavy atom. The molecule has 4 heteroatoms. The van der Waals surface area contributed by atoms with Gasteiger partial charge in [0.05, 0.1) is 22.2 Å². The summed E-state index contributed by atoms with van der Waals surface area (Å²) >= 11 is 0. The summed E-state index contributed by atoms with van der Waals surface area (Å²) in [5.74, 6) is 0. The van der Waals surface area contributed by atoms with Crippen molar-refractivity contribution in [3.63, 3.8) is 0 Å². The van der Waals surface area contributed by atoms with Crippen molar-refractivity contribution in [2.75, 3.05) is 0 Å². The quantitative estimate of drug-likeness (QED) is 0.211. The number of rotatable bonds is 2. The van der Waals surface area contributed by atoms with Crippen LogP contribution in [0.5, 0.6) is 0 Å². The Morgan fingerprint density at radius 1 is 0.455 bits per heavy atom. The topological polar surface area (TPSA) is 43.9 Å². The van der Waals surface area contributed by atoms with Crippen LogP contribution < -0.4 is 0 Å². The lowest BCUT2D eigenvalue weighted by Crippen LogP contribution is -1.99. The second-order valence-corrected chi connectivity index (χ2v) is 11.5. The molecule has 0 bridgehead atoms. The van der Waals surface area contributed by atoms with E-state index in [9.17, 15) is 0 Å². The minimum absolute atomic E-state index is 0.856. The summed E-state index contributed by atoms with van der Waals surface area (Å²) in [6, 6.07) is 45.4. The third kappa shape index (κ3) is 3.28. The van der Waals surface area contributed by atoms with Crippen LogP contribution in [-0.4, -0.2) is 14.5 Å². The molecule has 0 fully saturated rings. The maximum absolute atomic E-state index is 6.24. The van der Waals surface area contributed by atoms with Crippen molar-refractivity contribution >= 4 is 76.3 Å². The van der Waals surface area contributed by atoms with Crippen molar-refractivity contribution in [3.05, 3.63) is 140 Å². The molecular weight excluding hydrogens is 538 g/mol. The van der Waals surface area contributed by atoms with Gasteiger partial charge in [-0.25, -0.2) is 0 Å². The molecule has 0 atom stereocenters. The summed E-state index contributed by atoms with van der Waals surface area (Å²) < 4.78 is 8.60. The molecule has 0 radical (unpaired) electrons. The maximum atomic E-state index is 6.24. The van der Waals surface area contributed by atoms with E-state index in [0.29, 0.717) is 0 Å². The highest BCUT2D eigenvalue weighted by Gasteiger charge is 2.19. The summed E-state index contributed by atoms with van der Waals surface area (Å²) in [6.07, 6.45) is 3.57. The summed E-state index contributed by atoms with van der Waals surface area (Å²) in [5.41, 5.74) is 8.86. The van der Waals surface area contributed by atoms with Crippen LogP contribution in [0.4, 0.5) is 0 Å². The second kappa shape index (κ2) is 8.76. The van der Waals surface area contributed by atoms with E-state index in [1.807, 2.05) is 18.2 Å². The average Bonchev–Trinajstić information content (AvgIpc) is 3.60. The molecule has 10 rings (SSSR count). The van der Waals surface area contributed by atoms with Gasteiger partial charge in [-0.3, -0.25) is 9.97 Å². The summed E-state index contributed by atoms with van der Waals surface area (Å²) in [7, 11) is 0. The molecule has 0 unspecified atom stereocenters. The number of furan rings is 1. The molecule has 204 valence electrons. The van der Waals surface area contributed by atoms with Crippen molar-refractivity contribution < 1.29 is 4.42 Å². The number of hydrogen-bond donors (Lipinski definition) is 0. The molecule has 0 saturated heterocycles. The first-order chi connectivity index (χ1) is 21.8. The lowest BCUT2D eigenvalue weighted by Gasteiger charge is -2.14. The number of benzene rings is 7. The number of para-hydroxylation sites is 1. The van der Waals surface area contributed by atoms with Gasteiger partial charge >= 0.3 is 0 Å². The number of aromatic nitrogens is 3. The van der Waals surface area contributed by atoms with Gasteiger partial charge in [0.15, 0.2) is 0 Å². The first kappa shape index (κ1) is 23.6. The van der Waals surface area contributed by atoms with Gasteiger partial charge in [-0.1, -0.05) is 72.8 Å². The molecule has 0 aliphatic heterocycles. The summed E-state index contributed by atoms with van der Waals surface area (Å²) in [5, 5.41) is 9.56. The van der Waals surface area contributed by atoms with Crippen LogP contribution >= 0.6 is 0 Å². The molecule has 4 nitrogen and oxygen atoms in total. The molecule has 0 N–H and O–H groups in total. The molecule has 0 spiro atoms. The van der Waals surface area contributed by atoms with Gasteiger partial charge < -0.3 is 8.98 Å². The maximum Gasteiger partial charge on any atom is 0.136 e. The fourth-order valence-corrected chi connectivity index (χ4v) is 7.00. The van der Waals surface area contributed by atoms with E-state index in [0.717, 1.165) is 60.8 Å². The predicted molar refractivity (Wildman–Crippen MR) is 182 cm³/mol. The van der Waals surface area contributed by atoms with Crippen LogP contribution in [0.1, 0.15) is 0 Å². The van der Waals surface area contributed by atoms with Crippen LogP contribution in [0.3, 0.4) is 0 Å². The van der Waals surface area contributed by atoms with Gasteiger partial charge in [-0.05, 0) is 81.7 Å². The van der Waals surface area contributed by atoms with E-state index in [2.05, 4.69) is 114 Å². The van der Waals surface area contributed by atoms with Crippen LogP contribution in [-0.2, 0) is 0 Å². The molecule has 44 heavy (non-hydrogen) atoms. The first-order valence-electron chi connectivity index (χ1n) is 14.8. The zero-order chi connectivity index (χ0) is 28.8. The average molecular weight is 562 g/mol. The van der Waals surface area contributed by atoms with Crippen molar-refractivity contribution in [2.45, 2.75) is 0 Å². The Hall–Kier alpha value is -6.00. The van der Waals surface area contributed by atoms with Crippen LogP contribution in [0.2, 0.25) is 0 Å². The predicted octanol–water partition coefficient (Wildman–Crippen LogP) is 10.6.